The van der Waals surface area contributed by atoms with Crippen molar-refractivity contribution < 1.29 is 9.53 Å². The highest BCUT2D eigenvalue weighted by atomic mass is 16.5. The Morgan fingerprint density at radius 3 is 2.77 bits per heavy atom. The molecule has 0 aliphatic rings. The van der Waals surface area contributed by atoms with Crippen molar-refractivity contribution in [2.75, 3.05) is 26.1 Å². The average molecular weight is 350 g/mol. The number of aryl methyl sites for hydroxylation is 1. The summed E-state index contributed by atoms with van der Waals surface area (Å²) in [6.07, 6.45) is 1.74. The molecule has 134 valence electrons. The summed E-state index contributed by atoms with van der Waals surface area (Å²) in [7, 11) is 5.48. The Bertz CT molecular complexity index is 954. The Balaban J connectivity index is 1.85. The monoisotopic (exact) mass is 350 g/mol. The molecule has 6 nitrogen and oxygen atoms in total. The van der Waals surface area contributed by atoms with Crippen molar-refractivity contribution in [1.82, 2.24) is 15.3 Å². The minimum Gasteiger partial charge on any atom is -0.497 e. The van der Waals surface area contributed by atoms with Gasteiger partial charge in [0, 0.05) is 37.8 Å². The van der Waals surface area contributed by atoms with E-state index in [1.165, 1.54) is 0 Å². The molecule has 2 aromatic heterocycles. The standard InChI is InChI=1S/C20H22N4O2/c1-13-17(11-15-10-16(26-4)7-8-18(15)23-13)20(25)22-12-14-6-5-9-21-19(14)24(2)3/h5-11H,12H2,1-4H3,(H,22,25). The van der Waals surface area contributed by atoms with Gasteiger partial charge in [-0.15, -0.1) is 0 Å². The van der Waals surface area contributed by atoms with E-state index in [0.717, 1.165) is 28.0 Å². The molecule has 0 saturated heterocycles. The highest BCUT2D eigenvalue weighted by Gasteiger charge is 2.13. The maximum atomic E-state index is 12.7. The van der Waals surface area contributed by atoms with Gasteiger partial charge < -0.3 is 15.0 Å². The molecule has 0 fully saturated rings. The molecule has 1 N–H and O–H groups in total. The van der Waals surface area contributed by atoms with Crippen LogP contribution in [0.3, 0.4) is 0 Å². The van der Waals surface area contributed by atoms with Crippen molar-refractivity contribution in [2.45, 2.75) is 13.5 Å². The first-order chi connectivity index (χ1) is 12.5. The van der Waals surface area contributed by atoms with Crippen LogP contribution in [0.1, 0.15) is 21.6 Å². The lowest BCUT2D eigenvalue weighted by Gasteiger charge is -2.16. The topological polar surface area (TPSA) is 67.3 Å². The quantitative estimate of drug-likeness (QED) is 0.766. The first-order valence-electron chi connectivity index (χ1n) is 8.34. The van der Waals surface area contributed by atoms with Gasteiger partial charge in [0.1, 0.15) is 11.6 Å². The molecule has 1 aromatic carbocycles. The van der Waals surface area contributed by atoms with E-state index in [-0.39, 0.29) is 5.91 Å². The molecule has 0 spiro atoms. The molecule has 1 amide bonds. The third kappa shape index (κ3) is 3.59. The second-order valence-corrected chi connectivity index (χ2v) is 6.24. The molecule has 3 aromatic rings. The van der Waals surface area contributed by atoms with Crippen LogP contribution in [0.2, 0.25) is 0 Å². The molecule has 0 aliphatic carbocycles. The predicted octanol–water partition coefficient (Wildman–Crippen LogP) is 2.94. The van der Waals surface area contributed by atoms with E-state index in [4.69, 9.17) is 4.74 Å². The average Bonchev–Trinajstić information content (AvgIpc) is 2.65. The molecule has 0 unspecified atom stereocenters. The molecule has 0 atom stereocenters. The Morgan fingerprint density at radius 1 is 1.23 bits per heavy atom. The molecule has 0 bridgehead atoms. The number of hydrogen-bond acceptors (Lipinski definition) is 5. The first-order valence-corrected chi connectivity index (χ1v) is 8.34. The number of hydrogen-bond donors (Lipinski definition) is 1. The van der Waals surface area contributed by atoms with Crippen molar-refractivity contribution in [3.63, 3.8) is 0 Å². The maximum absolute atomic E-state index is 12.7. The minimum absolute atomic E-state index is 0.159. The Labute approximate surface area is 152 Å². The fraction of sp³-hybridized carbons (Fsp3) is 0.250. The summed E-state index contributed by atoms with van der Waals surface area (Å²) in [6, 6.07) is 11.3. The van der Waals surface area contributed by atoms with Crippen LogP contribution in [0.4, 0.5) is 5.82 Å². The molecule has 26 heavy (non-hydrogen) atoms. The number of benzene rings is 1. The zero-order valence-corrected chi connectivity index (χ0v) is 15.4. The van der Waals surface area contributed by atoms with Gasteiger partial charge in [-0.05, 0) is 37.3 Å². The number of carbonyl (C=O) groups is 1. The van der Waals surface area contributed by atoms with Crippen molar-refractivity contribution in [3.8, 4) is 5.75 Å². The van der Waals surface area contributed by atoms with Crippen LogP contribution in [-0.4, -0.2) is 37.1 Å². The summed E-state index contributed by atoms with van der Waals surface area (Å²) >= 11 is 0. The number of nitrogens with one attached hydrogen (secondary N) is 1. The van der Waals surface area contributed by atoms with Crippen LogP contribution in [0, 0.1) is 6.92 Å². The summed E-state index contributed by atoms with van der Waals surface area (Å²) in [4.78, 5) is 23.5. The van der Waals surface area contributed by atoms with E-state index >= 15 is 0 Å². The third-order valence-corrected chi connectivity index (χ3v) is 4.19. The molecule has 0 radical (unpaired) electrons. The van der Waals surface area contributed by atoms with E-state index in [9.17, 15) is 4.79 Å². The fourth-order valence-electron chi connectivity index (χ4n) is 2.85. The number of aromatic nitrogens is 2. The van der Waals surface area contributed by atoms with Gasteiger partial charge >= 0.3 is 0 Å². The van der Waals surface area contributed by atoms with E-state index < -0.39 is 0 Å². The zero-order valence-electron chi connectivity index (χ0n) is 15.4. The molecule has 2 heterocycles. The van der Waals surface area contributed by atoms with Gasteiger partial charge in [0.2, 0.25) is 0 Å². The van der Waals surface area contributed by atoms with E-state index in [0.29, 0.717) is 17.8 Å². The molecule has 3 rings (SSSR count). The number of pyridine rings is 2. The summed E-state index contributed by atoms with van der Waals surface area (Å²) in [5, 5.41) is 3.84. The largest absolute Gasteiger partial charge is 0.497 e. The van der Waals surface area contributed by atoms with E-state index in [1.54, 1.807) is 13.3 Å². The highest BCUT2D eigenvalue weighted by molar-refractivity contribution is 5.98. The van der Waals surface area contributed by atoms with E-state index in [2.05, 4.69) is 15.3 Å². The smallest absolute Gasteiger partial charge is 0.253 e. The summed E-state index contributed by atoms with van der Waals surface area (Å²) in [5.41, 5.74) is 3.04. The maximum Gasteiger partial charge on any atom is 0.253 e. The van der Waals surface area contributed by atoms with Crippen LogP contribution in [0.5, 0.6) is 5.75 Å². The van der Waals surface area contributed by atoms with Crippen molar-refractivity contribution >= 4 is 22.6 Å². The van der Waals surface area contributed by atoms with Gasteiger partial charge in [0.05, 0.1) is 23.9 Å². The van der Waals surface area contributed by atoms with Crippen molar-refractivity contribution in [3.05, 3.63) is 59.4 Å². The zero-order chi connectivity index (χ0) is 18.7. The van der Waals surface area contributed by atoms with Crippen LogP contribution >= 0.6 is 0 Å². The fourth-order valence-corrected chi connectivity index (χ4v) is 2.85. The van der Waals surface area contributed by atoms with Crippen molar-refractivity contribution in [2.24, 2.45) is 0 Å². The van der Waals surface area contributed by atoms with Crippen molar-refractivity contribution in [1.29, 1.82) is 0 Å². The number of ether oxygens (including phenoxy) is 1. The van der Waals surface area contributed by atoms with Crippen LogP contribution in [-0.2, 0) is 6.54 Å². The summed E-state index contributed by atoms with van der Waals surface area (Å²) in [6.45, 7) is 2.24. The van der Waals surface area contributed by atoms with Crippen LogP contribution in [0.25, 0.3) is 10.9 Å². The second kappa shape index (κ2) is 7.39. The third-order valence-electron chi connectivity index (χ3n) is 4.19. The predicted molar refractivity (Wildman–Crippen MR) is 103 cm³/mol. The molecular weight excluding hydrogens is 328 g/mol. The van der Waals surface area contributed by atoms with Gasteiger partial charge in [0.25, 0.3) is 5.91 Å². The first kappa shape index (κ1) is 17.7. The molecule has 6 heteroatoms. The van der Waals surface area contributed by atoms with Gasteiger partial charge in [-0.2, -0.15) is 0 Å². The Kier molecular flexibility index (Phi) is 5.02. The molecule has 0 aliphatic heterocycles. The highest BCUT2D eigenvalue weighted by Crippen LogP contribution is 2.22. The van der Waals surface area contributed by atoms with Gasteiger partial charge in [-0.3, -0.25) is 9.78 Å². The number of carbonyl (C=O) groups excluding carboxylic acids is 1. The van der Waals surface area contributed by atoms with Crippen LogP contribution in [0.15, 0.2) is 42.6 Å². The number of nitrogens with zero attached hydrogens (tertiary/aromatic N) is 3. The minimum atomic E-state index is -0.159. The number of anilines is 1. The number of fused-ring (bicyclic) bond motifs is 1. The van der Waals surface area contributed by atoms with Gasteiger partial charge in [0.15, 0.2) is 0 Å². The van der Waals surface area contributed by atoms with E-state index in [1.807, 2.05) is 62.3 Å². The number of amides is 1. The Morgan fingerprint density at radius 2 is 2.04 bits per heavy atom. The lowest BCUT2D eigenvalue weighted by Crippen LogP contribution is -2.25. The molecule has 0 saturated carbocycles. The summed E-state index contributed by atoms with van der Waals surface area (Å²) in [5.74, 6) is 1.42. The van der Waals surface area contributed by atoms with Gasteiger partial charge in [-0.1, -0.05) is 6.07 Å². The lowest BCUT2D eigenvalue weighted by atomic mass is 10.1. The Hall–Kier alpha value is -3.15. The van der Waals surface area contributed by atoms with Crippen LogP contribution < -0.4 is 15.0 Å². The molecular formula is C20H22N4O2. The summed E-state index contributed by atoms with van der Waals surface area (Å²) < 4.78 is 5.25. The lowest BCUT2D eigenvalue weighted by molar-refractivity contribution is 0.0950. The second-order valence-electron chi connectivity index (χ2n) is 6.24. The normalized spacial score (nSPS) is 10.6. The SMILES string of the molecule is COc1ccc2nc(C)c(C(=O)NCc3cccnc3N(C)C)cc2c1. The number of methoxy groups -OCH3 is 1. The number of rotatable bonds is 5. The van der Waals surface area contributed by atoms with Gasteiger partial charge in [-0.25, -0.2) is 4.98 Å².